The van der Waals surface area contributed by atoms with Crippen molar-refractivity contribution in [2.75, 3.05) is 31.9 Å². The van der Waals surface area contributed by atoms with Crippen molar-refractivity contribution >= 4 is 11.6 Å². The van der Waals surface area contributed by atoms with Crippen LogP contribution in [0.5, 0.6) is 0 Å². The lowest BCUT2D eigenvalue weighted by atomic mass is 10.1. The number of fused-ring (bicyclic) bond motifs is 1. The fraction of sp³-hybridized carbons (Fsp3) is 0.692. The highest BCUT2D eigenvalue weighted by atomic mass is 16.2. The molecule has 3 rings (SSSR count). The van der Waals surface area contributed by atoms with Crippen molar-refractivity contribution in [2.24, 2.45) is 0 Å². The standard InChI is InChI=1S/C13H21N5O/c1-2-18-12(11(14)8-15-18)13(19)17-7-6-16-5-3-4-10(16)9-17/h8,10H,2-7,9,14H2,1H3. The van der Waals surface area contributed by atoms with Crippen molar-refractivity contribution in [2.45, 2.75) is 32.4 Å². The van der Waals surface area contributed by atoms with E-state index in [0.29, 0.717) is 24.0 Å². The second-order valence-electron chi connectivity index (χ2n) is 5.35. The smallest absolute Gasteiger partial charge is 0.274 e. The van der Waals surface area contributed by atoms with Crippen molar-refractivity contribution < 1.29 is 4.79 Å². The van der Waals surface area contributed by atoms with E-state index in [1.165, 1.54) is 19.4 Å². The fourth-order valence-electron chi connectivity index (χ4n) is 3.20. The number of amides is 1. The van der Waals surface area contributed by atoms with Crippen LogP contribution in [0.25, 0.3) is 0 Å². The van der Waals surface area contributed by atoms with Gasteiger partial charge in [0.1, 0.15) is 5.69 Å². The number of carbonyl (C=O) groups is 1. The summed E-state index contributed by atoms with van der Waals surface area (Å²) in [5.74, 6) is 0.0309. The van der Waals surface area contributed by atoms with Gasteiger partial charge >= 0.3 is 0 Å². The molecule has 0 aliphatic carbocycles. The summed E-state index contributed by atoms with van der Waals surface area (Å²) in [6.07, 6.45) is 4.02. The summed E-state index contributed by atoms with van der Waals surface area (Å²) in [6, 6.07) is 0.539. The van der Waals surface area contributed by atoms with Crippen LogP contribution in [0, 0.1) is 0 Å². The second-order valence-corrected chi connectivity index (χ2v) is 5.35. The molecule has 0 spiro atoms. The van der Waals surface area contributed by atoms with Crippen LogP contribution in [0.2, 0.25) is 0 Å². The van der Waals surface area contributed by atoms with E-state index in [0.717, 1.165) is 19.6 Å². The van der Waals surface area contributed by atoms with E-state index >= 15 is 0 Å². The Morgan fingerprint density at radius 3 is 3.11 bits per heavy atom. The highest BCUT2D eigenvalue weighted by Crippen LogP contribution is 2.23. The number of nitrogens with zero attached hydrogens (tertiary/aromatic N) is 4. The van der Waals surface area contributed by atoms with E-state index in [1.807, 2.05) is 11.8 Å². The first-order chi connectivity index (χ1) is 9.20. The lowest BCUT2D eigenvalue weighted by Crippen LogP contribution is -2.52. The lowest BCUT2D eigenvalue weighted by Gasteiger charge is -2.37. The van der Waals surface area contributed by atoms with Crippen molar-refractivity contribution in [1.82, 2.24) is 19.6 Å². The summed E-state index contributed by atoms with van der Waals surface area (Å²) < 4.78 is 1.69. The fourth-order valence-corrected chi connectivity index (χ4v) is 3.20. The molecule has 6 heteroatoms. The molecule has 3 heterocycles. The first-order valence-electron chi connectivity index (χ1n) is 7.05. The highest BCUT2D eigenvalue weighted by molar-refractivity contribution is 5.97. The Morgan fingerprint density at radius 1 is 1.47 bits per heavy atom. The zero-order valence-corrected chi connectivity index (χ0v) is 11.4. The highest BCUT2D eigenvalue weighted by Gasteiger charge is 2.34. The molecule has 2 N–H and O–H groups in total. The molecule has 1 aromatic heterocycles. The van der Waals surface area contributed by atoms with Crippen molar-refractivity contribution in [3.63, 3.8) is 0 Å². The quantitative estimate of drug-likeness (QED) is 0.839. The molecule has 1 atom stereocenters. The third kappa shape index (κ3) is 2.10. The molecule has 104 valence electrons. The summed E-state index contributed by atoms with van der Waals surface area (Å²) in [6.45, 7) is 6.43. The normalized spacial score (nSPS) is 23.6. The topological polar surface area (TPSA) is 67.4 Å². The summed E-state index contributed by atoms with van der Waals surface area (Å²) in [5.41, 5.74) is 6.93. The maximum absolute atomic E-state index is 12.6. The van der Waals surface area contributed by atoms with Crippen molar-refractivity contribution in [3.05, 3.63) is 11.9 Å². The maximum atomic E-state index is 12.6. The Balaban J connectivity index is 1.78. The summed E-state index contributed by atoms with van der Waals surface area (Å²) in [4.78, 5) is 17.0. The Hall–Kier alpha value is -1.56. The third-order valence-electron chi connectivity index (χ3n) is 4.24. The van der Waals surface area contributed by atoms with Crippen LogP contribution >= 0.6 is 0 Å². The Kier molecular flexibility index (Phi) is 3.18. The maximum Gasteiger partial charge on any atom is 0.274 e. The monoisotopic (exact) mass is 263 g/mol. The van der Waals surface area contributed by atoms with E-state index in [-0.39, 0.29) is 5.91 Å². The number of anilines is 1. The molecule has 1 amide bonds. The molecule has 2 fully saturated rings. The van der Waals surface area contributed by atoms with Crippen LogP contribution in [0.3, 0.4) is 0 Å². The summed E-state index contributed by atoms with van der Waals surface area (Å²) >= 11 is 0. The van der Waals surface area contributed by atoms with Gasteiger partial charge in [0.05, 0.1) is 11.9 Å². The number of aromatic nitrogens is 2. The molecular formula is C13H21N5O. The van der Waals surface area contributed by atoms with Gasteiger partial charge in [-0.2, -0.15) is 5.10 Å². The average Bonchev–Trinajstić information content (AvgIpc) is 3.02. The van der Waals surface area contributed by atoms with E-state index in [9.17, 15) is 4.79 Å². The SMILES string of the molecule is CCn1ncc(N)c1C(=O)N1CCN2CCCC2C1. The molecule has 2 saturated heterocycles. The van der Waals surface area contributed by atoms with E-state index in [1.54, 1.807) is 10.9 Å². The first-order valence-corrected chi connectivity index (χ1v) is 7.05. The minimum Gasteiger partial charge on any atom is -0.396 e. The largest absolute Gasteiger partial charge is 0.396 e. The Morgan fingerprint density at radius 2 is 2.32 bits per heavy atom. The van der Waals surface area contributed by atoms with Gasteiger partial charge in [-0.15, -0.1) is 0 Å². The second kappa shape index (κ2) is 4.85. The first kappa shape index (κ1) is 12.5. The molecule has 2 aliphatic heterocycles. The van der Waals surface area contributed by atoms with Crippen LogP contribution in [-0.4, -0.2) is 57.7 Å². The Labute approximate surface area is 113 Å². The van der Waals surface area contributed by atoms with Gasteiger partial charge in [0.25, 0.3) is 5.91 Å². The third-order valence-corrected chi connectivity index (χ3v) is 4.24. The summed E-state index contributed by atoms with van der Waals surface area (Å²) in [5, 5.41) is 4.15. The zero-order chi connectivity index (χ0) is 13.4. The number of piperazine rings is 1. The number of hydrogen-bond acceptors (Lipinski definition) is 4. The number of rotatable bonds is 2. The number of carbonyl (C=O) groups excluding carboxylic acids is 1. The van der Waals surface area contributed by atoms with Gasteiger partial charge in [-0.3, -0.25) is 14.4 Å². The predicted octanol–water partition coefficient (Wildman–Crippen LogP) is 0.405. The predicted molar refractivity (Wildman–Crippen MR) is 72.8 cm³/mol. The molecule has 6 nitrogen and oxygen atoms in total. The van der Waals surface area contributed by atoms with E-state index in [4.69, 9.17) is 5.73 Å². The van der Waals surface area contributed by atoms with Crippen LogP contribution < -0.4 is 5.73 Å². The van der Waals surface area contributed by atoms with Crippen LogP contribution in [0.4, 0.5) is 5.69 Å². The van der Waals surface area contributed by atoms with Gasteiger partial charge in [0.2, 0.25) is 0 Å². The number of aryl methyl sites for hydroxylation is 1. The molecule has 1 aromatic rings. The van der Waals surface area contributed by atoms with Crippen LogP contribution in [0.1, 0.15) is 30.3 Å². The lowest BCUT2D eigenvalue weighted by molar-refractivity contribution is 0.0561. The Bertz CT molecular complexity index is 483. The molecule has 0 bridgehead atoms. The number of hydrogen-bond donors (Lipinski definition) is 1. The van der Waals surface area contributed by atoms with Crippen molar-refractivity contribution in [1.29, 1.82) is 0 Å². The van der Waals surface area contributed by atoms with Gasteiger partial charge in [-0.05, 0) is 26.3 Å². The number of nitrogen functional groups attached to an aromatic ring is 1. The zero-order valence-electron chi connectivity index (χ0n) is 11.4. The van der Waals surface area contributed by atoms with E-state index in [2.05, 4.69) is 10.00 Å². The van der Waals surface area contributed by atoms with Gasteiger partial charge in [0.15, 0.2) is 0 Å². The van der Waals surface area contributed by atoms with Gasteiger partial charge in [-0.25, -0.2) is 0 Å². The van der Waals surface area contributed by atoms with Gasteiger partial charge in [0, 0.05) is 32.2 Å². The summed E-state index contributed by atoms with van der Waals surface area (Å²) in [7, 11) is 0. The number of nitrogens with two attached hydrogens (primary N) is 1. The van der Waals surface area contributed by atoms with E-state index < -0.39 is 0 Å². The van der Waals surface area contributed by atoms with Gasteiger partial charge in [-0.1, -0.05) is 0 Å². The van der Waals surface area contributed by atoms with Crippen molar-refractivity contribution in [3.8, 4) is 0 Å². The minimum atomic E-state index is 0.0309. The molecule has 0 aromatic carbocycles. The molecule has 1 unspecified atom stereocenters. The molecule has 0 saturated carbocycles. The van der Waals surface area contributed by atoms with Crippen LogP contribution in [0.15, 0.2) is 6.20 Å². The van der Waals surface area contributed by atoms with Gasteiger partial charge < -0.3 is 10.6 Å². The molecule has 0 radical (unpaired) electrons. The van der Waals surface area contributed by atoms with Crippen LogP contribution in [-0.2, 0) is 6.54 Å². The molecular weight excluding hydrogens is 242 g/mol. The minimum absolute atomic E-state index is 0.0309. The molecule has 2 aliphatic rings. The molecule has 19 heavy (non-hydrogen) atoms. The average molecular weight is 263 g/mol.